The molecule has 1 N–H and O–H groups in total. The number of halogens is 1. The molecule has 1 amide bonds. The summed E-state index contributed by atoms with van der Waals surface area (Å²) in [5.41, 5.74) is 3.42. The summed E-state index contributed by atoms with van der Waals surface area (Å²) < 4.78 is 0.871. The van der Waals surface area contributed by atoms with E-state index in [-0.39, 0.29) is 5.91 Å². The third-order valence-corrected chi connectivity index (χ3v) is 3.14. The smallest absolute Gasteiger partial charge is 0.257 e. The first-order valence-electron chi connectivity index (χ1n) is 5.42. The molecule has 0 aliphatic carbocycles. The van der Waals surface area contributed by atoms with E-state index in [2.05, 4.69) is 31.4 Å². The van der Waals surface area contributed by atoms with Crippen LogP contribution in [-0.4, -0.2) is 16.1 Å². The fourth-order valence-electron chi connectivity index (χ4n) is 1.68. The number of carbonyl (C=O) groups is 1. The molecule has 0 spiro atoms. The Kier molecular flexibility index (Phi) is 3.72. The summed E-state index contributed by atoms with van der Waals surface area (Å²) in [5, 5.41) is 10.2. The Hall–Kier alpha value is -1.75. The number of carbonyl (C=O) groups excluding carboxylic acids is 1. The molecule has 1 aromatic carbocycles. The van der Waals surface area contributed by atoms with Crippen molar-refractivity contribution in [1.82, 2.24) is 10.2 Å². The van der Waals surface area contributed by atoms with Crippen molar-refractivity contribution >= 4 is 27.5 Å². The average molecular weight is 306 g/mol. The van der Waals surface area contributed by atoms with E-state index in [4.69, 9.17) is 0 Å². The van der Waals surface area contributed by atoms with E-state index in [0.717, 1.165) is 21.3 Å². The van der Waals surface area contributed by atoms with Crippen LogP contribution in [0.4, 0.5) is 5.69 Å². The number of rotatable bonds is 2. The van der Waals surface area contributed by atoms with E-state index in [1.807, 2.05) is 26.0 Å². The van der Waals surface area contributed by atoms with Crippen molar-refractivity contribution < 1.29 is 4.79 Å². The third kappa shape index (κ3) is 2.73. The van der Waals surface area contributed by atoms with Crippen molar-refractivity contribution in [1.29, 1.82) is 0 Å². The van der Waals surface area contributed by atoms with Gasteiger partial charge in [-0.2, -0.15) is 10.2 Å². The molecule has 0 radical (unpaired) electrons. The Morgan fingerprint density at radius 2 is 2.06 bits per heavy atom. The molecule has 0 bridgehead atoms. The van der Waals surface area contributed by atoms with E-state index in [1.165, 1.54) is 12.4 Å². The minimum absolute atomic E-state index is 0.197. The summed E-state index contributed by atoms with van der Waals surface area (Å²) in [6.07, 6.45) is 2.93. The number of hydrogen-bond acceptors (Lipinski definition) is 3. The highest BCUT2D eigenvalue weighted by Gasteiger charge is 2.11. The second kappa shape index (κ2) is 5.27. The molecule has 0 saturated carbocycles. The number of anilines is 1. The second-order valence-electron chi connectivity index (χ2n) is 4.02. The minimum atomic E-state index is -0.197. The quantitative estimate of drug-likeness (QED) is 0.927. The molecule has 0 atom stereocenters. The van der Waals surface area contributed by atoms with E-state index in [0.29, 0.717) is 5.56 Å². The molecule has 0 aliphatic heterocycles. The molecular weight excluding hydrogens is 294 g/mol. The summed E-state index contributed by atoms with van der Waals surface area (Å²) in [5.74, 6) is -0.197. The Morgan fingerprint density at radius 1 is 1.28 bits per heavy atom. The van der Waals surface area contributed by atoms with Gasteiger partial charge in [-0.25, -0.2) is 0 Å². The zero-order valence-corrected chi connectivity index (χ0v) is 11.7. The van der Waals surface area contributed by atoms with Gasteiger partial charge in [-0.15, -0.1) is 0 Å². The van der Waals surface area contributed by atoms with Gasteiger partial charge in [0.25, 0.3) is 5.91 Å². The van der Waals surface area contributed by atoms with Crippen LogP contribution in [0.3, 0.4) is 0 Å². The van der Waals surface area contributed by atoms with E-state index < -0.39 is 0 Å². The molecule has 1 aromatic heterocycles. The number of nitrogens with one attached hydrogen (secondary N) is 1. The van der Waals surface area contributed by atoms with Gasteiger partial charge in [0.15, 0.2) is 0 Å². The normalized spacial score (nSPS) is 10.2. The molecule has 0 fully saturated rings. The van der Waals surface area contributed by atoms with Crippen LogP contribution in [0.5, 0.6) is 0 Å². The lowest BCUT2D eigenvalue weighted by molar-refractivity contribution is 0.102. The first-order valence-corrected chi connectivity index (χ1v) is 6.22. The largest absolute Gasteiger partial charge is 0.321 e. The molecule has 0 saturated heterocycles. The lowest BCUT2D eigenvalue weighted by Crippen LogP contribution is -2.13. The highest BCUT2D eigenvalue weighted by molar-refractivity contribution is 9.10. The summed E-state index contributed by atoms with van der Waals surface area (Å²) in [6.45, 7) is 3.97. The molecular formula is C13H12BrN3O. The lowest BCUT2D eigenvalue weighted by atomic mass is 10.1. The van der Waals surface area contributed by atoms with Crippen LogP contribution in [-0.2, 0) is 0 Å². The zero-order chi connectivity index (χ0) is 13.1. The zero-order valence-electron chi connectivity index (χ0n) is 10.1. The van der Waals surface area contributed by atoms with Crippen molar-refractivity contribution in [2.24, 2.45) is 0 Å². The molecule has 0 aliphatic rings. The van der Waals surface area contributed by atoms with Crippen LogP contribution in [0.1, 0.15) is 21.5 Å². The van der Waals surface area contributed by atoms with Gasteiger partial charge in [0.1, 0.15) is 0 Å². The van der Waals surface area contributed by atoms with Gasteiger partial charge in [-0.3, -0.25) is 4.79 Å². The first kappa shape index (κ1) is 12.7. The summed E-state index contributed by atoms with van der Waals surface area (Å²) in [4.78, 5) is 12.0. The third-order valence-electron chi connectivity index (χ3n) is 2.52. The van der Waals surface area contributed by atoms with Gasteiger partial charge >= 0.3 is 0 Å². The number of aromatic nitrogens is 2. The van der Waals surface area contributed by atoms with Crippen molar-refractivity contribution in [3.63, 3.8) is 0 Å². The Labute approximate surface area is 114 Å². The Bertz CT molecular complexity index is 561. The van der Waals surface area contributed by atoms with Crippen molar-refractivity contribution in [3.05, 3.63) is 51.8 Å². The van der Waals surface area contributed by atoms with Crippen molar-refractivity contribution in [2.75, 3.05) is 5.32 Å². The fourth-order valence-corrected chi connectivity index (χ4v) is 2.46. The highest BCUT2D eigenvalue weighted by Crippen LogP contribution is 2.28. The van der Waals surface area contributed by atoms with Gasteiger partial charge in [0.05, 0.1) is 23.6 Å². The summed E-state index contributed by atoms with van der Waals surface area (Å²) in [6, 6.07) is 5.61. The van der Waals surface area contributed by atoms with Gasteiger partial charge in [-0.05, 0) is 53.0 Å². The predicted octanol–water partition coefficient (Wildman–Crippen LogP) is 3.11. The lowest BCUT2D eigenvalue weighted by Gasteiger charge is -2.11. The number of aryl methyl sites for hydroxylation is 2. The molecule has 18 heavy (non-hydrogen) atoms. The fraction of sp³-hybridized carbons (Fsp3) is 0.154. The van der Waals surface area contributed by atoms with E-state index >= 15 is 0 Å². The number of amides is 1. The minimum Gasteiger partial charge on any atom is -0.321 e. The topological polar surface area (TPSA) is 54.9 Å². The molecule has 1 heterocycles. The second-order valence-corrected chi connectivity index (χ2v) is 4.88. The van der Waals surface area contributed by atoms with Crippen LogP contribution in [0.25, 0.3) is 0 Å². The van der Waals surface area contributed by atoms with Crippen LogP contribution < -0.4 is 5.32 Å². The first-order chi connectivity index (χ1) is 8.58. The van der Waals surface area contributed by atoms with Gasteiger partial charge in [0, 0.05) is 4.47 Å². The maximum atomic E-state index is 12.0. The maximum absolute atomic E-state index is 12.0. The molecule has 2 rings (SSSR count). The van der Waals surface area contributed by atoms with Crippen molar-refractivity contribution in [3.8, 4) is 0 Å². The van der Waals surface area contributed by atoms with Gasteiger partial charge in [0.2, 0.25) is 0 Å². The van der Waals surface area contributed by atoms with E-state index in [9.17, 15) is 4.79 Å². The van der Waals surface area contributed by atoms with Crippen molar-refractivity contribution in [2.45, 2.75) is 13.8 Å². The molecule has 0 unspecified atom stereocenters. The van der Waals surface area contributed by atoms with E-state index in [1.54, 1.807) is 6.07 Å². The number of nitrogens with zero attached hydrogens (tertiary/aromatic N) is 2. The Morgan fingerprint density at radius 3 is 2.67 bits per heavy atom. The number of benzene rings is 1. The van der Waals surface area contributed by atoms with Gasteiger partial charge in [-0.1, -0.05) is 6.07 Å². The van der Waals surface area contributed by atoms with Crippen LogP contribution >= 0.6 is 15.9 Å². The van der Waals surface area contributed by atoms with Crippen LogP contribution in [0.2, 0.25) is 0 Å². The maximum Gasteiger partial charge on any atom is 0.257 e. The Balaban J connectivity index is 2.28. The number of hydrogen-bond donors (Lipinski definition) is 1. The summed E-state index contributed by atoms with van der Waals surface area (Å²) in [7, 11) is 0. The average Bonchev–Trinajstić information content (AvgIpc) is 2.34. The standard InChI is InChI=1S/C13H12BrN3O/c1-8-5-9(2)12(11(14)6-8)17-13(18)10-3-4-15-16-7-10/h3-7H,1-2H3,(H,17,18). The van der Waals surface area contributed by atoms with Crippen LogP contribution in [0.15, 0.2) is 35.1 Å². The molecule has 92 valence electrons. The molecule has 2 aromatic rings. The van der Waals surface area contributed by atoms with Crippen LogP contribution in [0, 0.1) is 13.8 Å². The highest BCUT2D eigenvalue weighted by atomic mass is 79.9. The monoisotopic (exact) mass is 305 g/mol. The predicted molar refractivity (Wildman–Crippen MR) is 73.6 cm³/mol. The summed E-state index contributed by atoms with van der Waals surface area (Å²) >= 11 is 3.46. The molecule has 4 nitrogen and oxygen atoms in total. The molecule has 5 heteroatoms. The SMILES string of the molecule is Cc1cc(C)c(NC(=O)c2ccnnc2)c(Br)c1. The van der Waals surface area contributed by atoms with Gasteiger partial charge < -0.3 is 5.32 Å².